The summed E-state index contributed by atoms with van der Waals surface area (Å²) in [6.07, 6.45) is 0. The molecular weight excluding hydrogens is 356 g/mol. The fraction of sp³-hybridized carbons (Fsp3) is 0.278. The van der Waals surface area contributed by atoms with Crippen molar-refractivity contribution in [3.05, 3.63) is 54.1 Å². The van der Waals surface area contributed by atoms with E-state index >= 15 is 0 Å². The number of hydrogen-bond donors (Lipinski definition) is 1. The summed E-state index contributed by atoms with van der Waals surface area (Å²) in [5.74, 6) is 0.452. The maximum atomic E-state index is 12.7. The Bertz CT molecular complexity index is 899. The molecule has 0 aliphatic carbocycles. The third-order valence-electron chi connectivity index (χ3n) is 4.14. The van der Waals surface area contributed by atoms with Crippen molar-refractivity contribution < 1.29 is 22.7 Å². The number of benzene rings is 2. The van der Waals surface area contributed by atoms with E-state index in [1.165, 1.54) is 32.4 Å². The minimum absolute atomic E-state index is 0.0634. The fourth-order valence-electron chi connectivity index (χ4n) is 2.62. The Morgan fingerprint density at radius 3 is 2.46 bits per heavy atom. The topological polar surface area (TPSA) is 84.7 Å². The largest absolute Gasteiger partial charge is 0.493 e. The molecule has 26 heavy (non-hydrogen) atoms. The number of amides is 1. The minimum Gasteiger partial charge on any atom is -0.493 e. The first kappa shape index (κ1) is 18.2. The van der Waals surface area contributed by atoms with Gasteiger partial charge >= 0.3 is 0 Å². The molecule has 2 atom stereocenters. The average molecular weight is 376 g/mol. The summed E-state index contributed by atoms with van der Waals surface area (Å²) in [7, 11) is -0.852. The van der Waals surface area contributed by atoms with Crippen molar-refractivity contribution in [2.75, 3.05) is 20.8 Å². The summed E-state index contributed by atoms with van der Waals surface area (Å²) < 4.78 is 36.8. The van der Waals surface area contributed by atoms with Crippen LogP contribution in [0.5, 0.6) is 11.5 Å². The lowest BCUT2D eigenvalue weighted by Gasteiger charge is -2.11. The molecule has 3 rings (SSSR count). The molecule has 2 aromatic rings. The first-order chi connectivity index (χ1) is 12.5. The number of nitrogens with zero attached hydrogens (tertiary/aromatic N) is 1. The van der Waals surface area contributed by atoms with Crippen molar-refractivity contribution in [2.45, 2.75) is 17.5 Å². The van der Waals surface area contributed by atoms with Gasteiger partial charge in [-0.3, -0.25) is 4.79 Å². The molecule has 8 heteroatoms. The Labute approximate surface area is 152 Å². The molecule has 1 saturated heterocycles. The Morgan fingerprint density at radius 2 is 1.81 bits per heavy atom. The van der Waals surface area contributed by atoms with Crippen molar-refractivity contribution in [2.24, 2.45) is 0 Å². The number of carbonyl (C=O) groups is 1. The molecule has 138 valence electrons. The maximum absolute atomic E-state index is 12.7. The van der Waals surface area contributed by atoms with Gasteiger partial charge in [0.25, 0.3) is 0 Å². The molecule has 1 amide bonds. The highest BCUT2D eigenvalue weighted by Gasteiger charge is 2.49. The van der Waals surface area contributed by atoms with Gasteiger partial charge in [-0.05, 0) is 17.7 Å². The monoisotopic (exact) mass is 376 g/mol. The lowest BCUT2D eigenvalue weighted by Crippen LogP contribution is -2.31. The van der Waals surface area contributed by atoms with Crippen molar-refractivity contribution in [1.29, 1.82) is 0 Å². The normalized spacial score (nSPS) is 18.8. The molecule has 0 spiro atoms. The van der Waals surface area contributed by atoms with Crippen LogP contribution in [0.1, 0.15) is 5.56 Å². The molecular formula is C18H20N2O5S. The number of ether oxygens (including phenoxy) is 2. The van der Waals surface area contributed by atoms with Gasteiger partial charge in [-0.1, -0.05) is 30.3 Å². The predicted molar refractivity (Wildman–Crippen MR) is 95.5 cm³/mol. The van der Waals surface area contributed by atoms with Gasteiger partial charge in [-0.25, -0.2) is 8.42 Å². The fourth-order valence-corrected chi connectivity index (χ4v) is 4.15. The molecule has 1 N–H and O–H groups in total. The van der Waals surface area contributed by atoms with Crippen molar-refractivity contribution >= 4 is 15.9 Å². The lowest BCUT2D eigenvalue weighted by atomic mass is 10.2. The van der Waals surface area contributed by atoms with Gasteiger partial charge in [0.2, 0.25) is 15.9 Å². The molecule has 2 aromatic carbocycles. The number of nitrogens with one attached hydrogen (secondary N) is 1. The average Bonchev–Trinajstić information content (AvgIpc) is 3.48. The van der Waals surface area contributed by atoms with Gasteiger partial charge in [-0.2, -0.15) is 4.31 Å². The maximum Gasteiger partial charge on any atom is 0.244 e. The van der Waals surface area contributed by atoms with Crippen LogP contribution in [0.3, 0.4) is 0 Å². The van der Waals surface area contributed by atoms with E-state index in [4.69, 9.17) is 9.47 Å². The molecule has 0 bridgehead atoms. The van der Waals surface area contributed by atoms with Crippen LogP contribution < -0.4 is 14.8 Å². The number of methoxy groups -OCH3 is 2. The lowest BCUT2D eigenvalue weighted by molar-refractivity contribution is -0.121. The molecule has 1 aliphatic heterocycles. The summed E-state index contributed by atoms with van der Waals surface area (Å²) in [6, 6.07) is 13.1. The molecule has 1 fully saturated rings. The second-order valence-electron chi connectivity index (χ2n) is 5.81. The molecule has 1 heterocycles. The van der Waals surface area contributed by atoms with Gasteiger partial charge in [-0.15, -0.1) is 0 Å². The molecule has 2 unspecified atom stereocenters. The van der Waals surface area contributed by atoms with Crippen LogP contribution in [-0.4, -0.2) is 45.4 Å². The second kappa shape index (κ2) is 7.35. The number of rotatable bonds is 7. The number of hydrogen-bond acceptors (Lipinski definition) is 5. The van der Waals surface area contributed by atoms with E-state index in [0.717, 1.165) is 9.87 Å². The zero-order valence-corrected chi connectivity index (χ0v) is 15.3. The van der Waals surface area contributed by atoms with Gasteiger partial charge in [0.05, 0.1) is 19.1 Å². The van der Waals surface area contributed by atoms with E-state index in [0.29, 0.717) is 18.0 Å². The Kier molecular flexibility index (Phi) is 5.15. The van der Waals surface area contributed by atoms with E-state index in [1.807, 2.05) is 30.3 Å². The quantitative estimate of drug-likeness (QED) is 0.739. The van der Waals surface area contributed by atoms with Crippen LogP contribution in [-0.2, 0) is 21.4 Å². The van der Waals surface area contributed by atoms with Crippen LogP contribution in [0.15, 0.2) is 53.4 Å². The van der Waals surface area contributed by atoms with E-state index in [1.54, 1.807) is 0 Å². The van der Waals surface area contributed by atoms with Crippen LogP contribution in [0.25, 0.3) is 0 Å². The zero-order valence-electron chi connectivity index (χ0n) is 14.5. The summed E-state index contributed by atoms with van der Waals surface area (Å²) in [6.45, 7) is 0.526. The molecule has 1 aliphatic rings. The van der Waals surface area contributed by atoms with Gasteiger partial charge < -0.3 is 14.8 Å². The van der Waals surface area contributed by atoms with Crippen LogP contribution in [0.2, 0.25) is 0 Å². The SMILES string of the molecule is COc1ccc(S(=O)(=O)N2CC2C(=O)NCc2ccccc2)cc1OC. The predicted octanol–water partition coefficient (Wildman–Crippen LogP) is 1.39. The van der Waals surface area contributed by atoms with E-state index in [-0.39, 0.29) is 17.3 Å². The van der Waals surface area contributed by atoms with Gasteiger partial charge in [0, 0.05) is 19.2 Å². The Morgan fingerprint density at radius 1 is 1.12 bits per heavy atom. The Balaban J connectivity index is 1.67. The zero-order chi connectivity index (χ0) is 18.7. The van der Waals surface area contributed by atoms with Crippen LogP contribution in [0.4, 0.5) is 0 Å². The highest BCUT2D eigenvalue weighted by atomic mass is 32.2. The summed E-state index contributed by atoms with van der Waals surface area (Å²) >= 11 is 0. The van der Waals surface area contributed by atoms with Crippen molar-refractivity contribution in [1.82, 2.24) is 9.62 Å². The van der Waals surface area contributed by atoms with Crippen molar-refractivity contribution in [3.8, 4) is 11.5 Å². The van der Waals surface area contributed by atoms with Gasteiger partial charge in [0.1, 0.15) is 6.04 Å². The van der Waals surface area contributed by atoms with E-state index in [9.17, 15) is 13.2 Å². The first-order valence-electron chi connectivity index (χ1n) is 8.03. The smallest absolute Gasteiger partial charge is 0.244 e. The van der Waals surface area contributed by atoms with E-state index in [2.05, 4.69) is 5.32 Å². The highest BCUT2D eigenvalue weighted by molar-refractivity contribution is 7.89. The van der Waals surface area contributed by atoms with Crippen LogP contribution >= 0.6 is 0 Å². The third kappa shape index (κ3) is 3.66. The number of carbonyl (C=O) groups excluding carboxylic acids is 1. The summed E-state index contributed by atoms with van der Waals surface area (Å²) in [5.41, 5.74) is 0.954. The minimum atomic E-state index is -3.76. The molecule has 0 saturated carbocycles. The van der Waals surface area contributed by atoms with Crippen molar-refractivity contribution in [3.63, 3.8) is 0 Å². The summed E-state index contributed by atoms with van der Waals surface area (Å²) in [5, 5.41) is 2.77. The molecule has 7 nitrogen and oxygen atoms in total. The standard InChI is InChI=1S/C18H20N2O5S/c1-24-16-9-8-14(10-17(16)25-2)26(22,23)20-12-15(20)18(21)19-11-13-6-4-3-5-7-13/h3-10,15H,11-12H2,1-2H3,(H,19,21). The van der Waals surface area contributed by atoms with E-state index < -0.39 is 16.1 Å². The molecule has 0 radical (unpaired) electrons. The summed E-state index contributed by atoms with van der Waals surface area (Å²) in [4.78, 5) is 12.3. The molecule has 0 aromatic heterocycles. The number of sulfonamides is 1. The van der Waals surface area contributed by atoms with Gasteiger partial charge in [0.15, 0.2) is 11.5 Å². The Hall–Kier alpha value is -2.58. The highest BCUT2D eigenvalue weighted by Crippen LogP contribution is 2.34. The first-order valence-corrected chi connectivity index (χ1v) is 9.47. The second-order valence-corrected chi connectivity index (χ2v) is 7.70. The van der Waals surface area contributed by atoms with Crippen LogP contribution in [0, 0.1) is 0 Å². The third-order valence-corrected chi connectivity index (χ3v) is 6.01.